The van der Waals surface area contributed by atoms with Gasteiger partial charge in [-0.3, -0.25) is 0 Å². The molecule has 0 radical (unpaired) electrons. The van der Waals surface area contributed by atoms with Gasteiger partial charge in [-0.1, -0.05) is 0 Å². The van der Waals surface area contributed by atoms with Gasteiger partial charge in [0.25, 0.3) is 0 Å². The molecule has 88 valence electrons. The van der Waals surface area contributed by atoms with E-state index in [-0.39, 0.29) is 0 Å². The lowest BCUT2D eigenvalue weighted by molar-refractivity contribution is -0.898. The van der Waals surface area contributed by atoms with Crippen molar-refractivity contribution in [1.29, 1.82) is 0 Å². The van der Waals surface area contributed by atoms with E-state index in [1.807, 2.05) is 6.07 Å². The number of nitrogens with zero attached hydrogens (tertiary/aromatic N) is 1. The van der Waals surface area contributed by atoms with E-state index in [0.717, 1.165) is 18.8 Å². The Hall–Kier alpha value is -1.22. The van der Waals surface area contributed by atoms with Crippen molar-refractivity contribution in [3.8, 4) is 0 Å². The van der Waals surface area contributed by atoms with Crippen LogP contribution in [0.1, 0.15) is 12.5 Å². The Balaban J connectivity index is 2.08. The number of nitrogens with two attached hydrogens (primary N) is 1. The molecular weight excluding hydrogens is 198 g/mol. The number of nitrogen functional groups attached to an aromatic ring is 1. The summed E-state index contributed by atoms with van der Waals surface area (Å²) in [7, 11) is 0. The van der Waals surface area contributed by atoms with E-state index < -0.39 is 0 Å². The van der Waals surface area contributed by atoms with Crippen molar-refractivity contribution >= 4 is 11.4 Å². The highest BCUT2D eigenvalue weighted by molar-refractivity contribution is 5.59. The molecule has 0 saturated carbocycles. The van der Waals surface area contributed by atoms with E-state index in [4.69, 9.17) is 5.73 Å². The van der Waals surface area contributed by atoms with Gasteiger partial charge in [-0.2, -0.15) is 0 Å². The van der Waals surface area contributed by atoms with Crippen molar-refractivity contribution in [1.82, 2.24) is 0 Å². The minimum Gasteiger partial charge on any atom is -0.399 e. The highest BCUT2D eigenvalue weighted by Crippen LogP contribution is 2.21. The minimum absolute atomic E-state index is 0.860. The van der Waals surface area contributed by atoms with Gasteiger partial charge in [0.1, 0.15) is 0 Å². The Labute approximate surface area is 97.8 Å². The van der Waals surface area contributed by atoms with Crippen LogP contribution >= 0.6 is 0 Å². The SMILES string of the molecule is CC[NH+]1CCN(c2ccc(N)cc2C)CC1. The Morgan fingerprint density at radius 3 is 2.56 bits per heavy atom. The van der Waals surface area contributed by atoms with Gasteiger partial charge in [-0.25, -0.2) is 0 Å². The highest BCUT2D eigenvalue weighted by atomic mass is 15.3. The number of piperazine rings is 1. The molecule has 3 nitrogen and oxygen atoms in total. The van der Waals surface area contributed by atoms with Gasteiger partial charge < -0.3 is 15.5 Å². The van der Waals surface area contributed by atoms with Gasteiger partial charge in [-0.05, 0) is 37.6 Å². The summed E-state index contributed by atoms with van der Waals surface area (Å²) in [6, 6.07) is 6.22. The van der Waals surface area contributed by atoms with Crippen molar-refractivity contribution in [2.24, 2.45) is 0 Å². The molecule has 3 heteroatoms. The molecule has 0 aliphatic carbocycles. The molecule has 1 saturated heterocycles. The molecule has 0 bridgehead atoms. The van der Waals surface area contributed by atoms with E-state index >= 15 is 0 Å². The Bertz CT molecular complexity index is 354. The number of nitrogens with one attached hydrogen (secondary N) is 1. The monoisotopic (exact) mass is 220 g/mol. The topological polar surface area (TPSA) is 33.7 Å². The smallest absolute Gasteiger partial charge is 0.0949 e. The summed E-state index contributed by atoms with van der Waals surface area (Å²) >= 11 is 0. The van der Waals surface area contributed by atoms with Crippen molar-refractivity contribution < 1.29 is 4.90 Å². The fraction of sp³-hybridized carbons (Fsp3) is 0.538. The second kappa shape index (κ2) is 4.74. The zero-order valence-electron chi connectivity index (χ0n) is 10.3. The predicted octanol–water partition coefficient (Wildman–Crippen LogP) is 0.302. The van der Waals surface area contributed by atoms with Crippen LogP contribution in [0.25, 0.3) is 0 Å². The second-order valence-electron chi connectivity index (χ2n) is 4.64. The second-order valence-corrected chi connectivity index (χ2v) is 4.64. The van der Waals surface area contributed by atoms with Crippen LogP contribution in [0, 0.1) is 6.92 Å². The van der Waals surface area contributed by atoms with Crippen molar-refractivity contribution in [3.63, 3.8) is 0 Å². The first-order valence-corrected chi connectivity index (χ1v) is 6.15. The summed E-state index contributed by atoms with van der Waals surface area (Å²) in [5, 5.41) is 0. The molecule has 2 rings (SSSR count). The summed E-state index contributed by atoms with van der Waals surface area (Å²) < 4.78 is 0. The summed E-state index contributed by atoms with van der Waals surface area (Å²) in [5.74, 6) is 0. The molecule has 0 atom stereocenters. The first-order valence-electron chi connectivity index (χ1n) is 6.15. The van der Waals surface area contributed by atoms with E-state index in [0.29, 0.717) is 0 Å². The molecular formula is C13H22N3+. The number of likely N-dealkylation sites (N-methyl/N-ethyl adjacent to an activating group) is 1. The molecule has 0 amide bonds. The van der Waals surface area contributed by atoms with Gasteiger partial charge in [0.15, 0.2) is 0 Å². The van der Waals surface area contributed by atoms with Crippen LogP contribution < -0.4 is 15.5 Å². The maximum absolute atomic E-state index is 5.78. The number of benzene rings is 1. The lowest BCUT2D eigenvalue weighted by atomic mass is 10.1. The molecule has 1 aromatic carbocycles. The quantitative estimate of drug-likeness (QED) is 0.703. The van der Waals surface area contributed by atoms with E-state index in [1.165, 1.54) is 30.9 Å². The van der Waals surface area contributed by atoms with Crippen LogP contribution in [0.4, 0.5) is 11.4 Å². The van der Waals surface area contributed by atoms with Gasteiger partial charge in [-0.15, -0.1) is 0 Å². The number of aryl methyl sites for hydroxylation is 1. The number of quaternary nitrogens is 1. The largest absolute Gasteiger partial charge is 0.399 e. The van der Waals surface area contributed by atoms with Gasteiger partial charge in [0.2, 0.25) is 0 Å². The predicted molar refractivity (Wildman–Crippen MR) is 69.0 cm³/mol. The third kappa shape index (κ3) is 2.30. The minimum atomic E-state index is 0.860. The number of hydrogen-bond donors (Lipinski definition) is 2. The van der Waals surface area contributed by atoms with E-state index in [9.17, 15) is 0 Å². The Morgan fingerprint density at radius 1 is 1.31 bits per heavy atom. The Morgan fingerprint density at radius 2 is 2.00 bits per heavy atom. The molecule has 1 aromatic rings. The summed E-state index contributed by atoms with van der Waals surface area (Å²) in [6.07, 6.45) is 0. The van der Waals surface area contributed by atoms with Crippen LogP contribution in [-0.4, -0.2) is 32.7 Å². The average molecular weight is 220 g/mol. The fourth-order valence-corrected chi connectivity index (χ4v) is 2.45. The average Bonchev–Trinajstić information content (AvgIpc) is 2.29. The van der Waals surface area contributed by atoms with Crippen molar-refractivity contribution in [3.05, 3.63) is 23.8 Å². The third-order valence-corrected chi connectivity index (χ3v) is 3.53. The third-order valence-electron chi connectivity index (χ3n) is 3.53. The summed E-state index contributed by atoms with van der Waals surface area (Å²) in [6.45, 7) is 10.5. The molecule has 0 unspecified atom stereocenters. The molecule has 1 aliphatic rings. The maximum atomic E-state index is 5.78. The first kappa shape index (κ1) is 11.3. The fourth-order valence-electron chi connectivity index (χ4n) is 2.45. The molecule has 1 aliphatic heterocycles. The standard InChI is InChI=1S/C13H21N3/c1-3-15-6-8-16(9-7-15)13-5-4-12(14)10-11(13)2/h4-5,10H,3,6-9,14H2,1-2H3/p+1. The van der Waals surface area contributed by atoms with Gasteiger partial charge in [0, 0.05) is 11.4 Å². The van der Waals surface area contributed by atoms with E-state index in [1.54, 1.807) is 4.90 Å². The van der Waals surface area contributed by atoms with Crippen LogP contribution in [0.15, 0.2) is 18.2 Å². The van der Waals surface area contributed by atoms with Crippen LogP contribution in [0.2, 0.25) is 0 Å². The van der Waals surface area contributed by atoms with Gasteiger partial charge in [0.05, 0.1) is 32.7 Å². The number of anilines is 2. The summed E-state index contributed by atoms with van der Waals surface area (Å²) in [4.78, 5) is 4.19. The molecule has 16 heavy (non-hydrogen) atoms. The molecule has 0 spiro atoms. The number of rotatable bonds is 2. The Kier molecular flexibility index (Phi) is 3.34. The van der Waals surface area contributed by atoms with Gasteiger partial charge >= 0.3 is 0 Å². The molecule has 3 N–H and O–H groups in total. The first-order chi connectivity index (χ1) is 7.70. The van der Waals surface area contributed by atoms with Crippen LogP contribution in [0.5, 0.6) is 0 Å². The zero-order valence-corrected chi connectivity index (χ0v) is 10.3. The van der Waals surface area contributed by atoms with E-state index in [2.05, 4.69) is 30.9 Å². The normalized spacial score (nSPS) is 17.8. The number of hydrogen-bond acceptors (Lipinski definition) is 2. The highest BCUT2D eigenvalue weighted by Gasteiger charge is 2.19. The lowest BCUT2D eigenvalue weighted by Gasteiger charge is -2.34. The van der Waals surface area contributed by atoms with Crippen LogP contribution in [-0.2, 0) is 0 Å². The maximum Gasteiger partial charge on any atom is 0.0949 e. The van der Waals surface area contributed by atoms with Crippen molar-refractivity contribution in [2.75, 3.05) is 43.4 Å². The van der Waals surface area contributed by atoms with Crippen LogP contribution in [0.3, 0.4) is 0 Å². The lowest BCUT2D eigenvalue weighted by Crippen LogP contribution is -3.14. The zero-order chi connectivity index (χ0) is 11.5. The molecule has 1 heterocycles. The molecule has 1 fully saturated rings. The summed E-state index contributed by atoms with van der Waals surface area (Å²) in [5.41, 5.74) is 9.28. The molecule has 0 aromatic heterocycles. The van der Waals surface area contributed by atoms with Crippen molar-refractivity contribution in [2.45, 2.75) is 13.8 Å².